The molecule has 1 aliphatic rings. The minimum atomic E-state index is -0.473. The van der Waals surface area contributed by atoms with E-state index in [0.29, 0.717) is 34.5 Å². The van der Waals surface area contributed by atoms with E-state index in [-0.39, 0.29) is 0 Å². The number of benzene rings is 2. The van der Waals surface area contributed by atoms with Crippen LogP contribution in [0.3, 0.4) is 0 Å². The Morgan fingerprint density at radius 3 is 1.96 bits per heavy atom. The molecule has 0 amide bonds. The molecule has 0 aromatic heterocycles. The van der Waals surface area contributed by atoms with E-state index in [1.54, 1.807) is 12.1 Å². The molecular weight excluding hydrogens is 344 g/mol. The molecular formula is C22H26O5. The van der Waals surface area contributed by atoms with Crippen molar-refractivity contribution in [2.45, 2.75) is 38.0 Å². The molecule has 0 heterocycles. The number of methoxy groups -OCH3 is 3. The van der Waals surface area contributed by atoms with Crippen molar-refractivity contribution >= 4 is 5.97 Å². The van der Waals surface area contributed by atoms with Crippen LogP contribution in [0.25, 0.3) is 0 Å². The quantitative estimate of drug-likeness (QED) is 0.530. The van der Waals surface area contributed by atoms with Gasteiger partial charge in [-0.05, 0) is 48.6 Å². The molecule has 0 radical (unpaired) electrons. The average Bonchev–Trinajstić information content (AvgIpc) is 2.73. The van der Waals surface area contributed by atoms with Gasteiger partial charge in [-0.3, -0.25) is 0 Å². The highest BCUT2D eigenvalue weighted by molar-refractivity contribution is 5.92. The summed E-state index contributed by atoms with van der Waals surface area (Å²) in [6.07, 6.45) is 6.40. The van der Waals surface area contributed by atoms with Crippen LogP contribution in [-0.4, -0.2) is 27.3 Å². The molecule has 2 aromatic carbocycles. The molecule has 0 atom stereocenters. The van der Waals surface area contributed by atoms with Crippen molar-refractivity contribution in [3.63, 3.8) is 0 Å². The van der Waals surface area contributed by atoms with E-state index in [9.17, 15) is 4.79 Å². The topological polar surface area (TPSA) is 54.0 Å². The van der Waals surface area contributed by atoms with Gasteiger partial charge in [-0.1, -0.05) is 31.4 Å². The third-order valence-electron chi connectivity index (χ3n) is 5.07. The van der Waals surface area contributed by atoms with Gasteiger partial charge >= 0.3 is 5.97 Å². The Bertz CT molecular complexity index is 751. The lowest BCUT2D eigenvalue weighted by atomic mass is 9.84. The molecule has 0 N–H and O–H groups in total. The van der Waals surface area contributed by atoms with Crippen LogP contribution in [0.15, 0.2) is 36.4 Å². The van der Waals surface area contributed by atoms with Crippen LogP contribution in [0.2, 0.25) is 0 Å². The first-order valence-corrected chi connectivity index (χ1v) is 9.28. The molecule has 0 saturated heterocycles. The lowest BCUT2D eigenvalue weighted by molar-refractivity contribution is 0.0734. The molecule has 5 nitrogen and oxygen atoms in total. The Balaban J connectivity index is 1.75. The average molecular weight is 370 g/mol. The smallest absolute Gasteiger partial charge is 0.343 e. The van der Waals surface area contributed by atoms with E-state index in [1.807, 2.05) is 12.1 Å². The Labute approximate surface area is 160 Å². The highest BCUT2D eigenvalue weighted by atomic mass is 16.5. The minimum Gasteiger partial charge on any atom is -0.493 e. The zero-order chi connectivity index (χ0) is 19.2. The maximum absolute atomic E-state index is 12.6. The predicted octanol–water partition coefficient (Wildman–Crippen LogP) is 4.98. The first-order valence-electron chi connectivity index (χ1n) is 9.28. The number of carbonyl (C=O) groups is 1. The van der Waals surface area contributed by atoms with Crippen molar-refractivity contribution in [3.8, 4) is 23.0 Å². The number of ether oxygens (including phenoxy) is 4. The SMILES string of the molecule is COc1cc(C(=O)Oc2ccc(C3CCCCC3)cc2)cc(OC)c1OC. The van der Waals surface area contributed by atoms with Crippen molar-refractivity contribution in [2.24, 2.45) is 0 Å². The number of carbonyl (C=O) groups excluding carboxylic acids is 1. The van der Waals surface area contributed by atoms with Gasteiger partial charge in [0.2, 0.25) is 5.75 Å². The molecule has 5 heteroatoms. The van der Waals surface area contributed by atoms with Gasteiger partial charge in [0.25, 0.3) is 0 Å². The van der Waals surface area contributed by atoms with Gasteiger partial charge in [-0.2, -0.15) is 0 Å². The molecule has 0 spiro atoms. The van der Waals surface area contributed by atoms with Crippen LogP contribution in [-0.2, 0) is 0 Å². The minimum absolute atomic E-state index is 0.334. The molecule has 3 rings (SSSR count). The maximum Gasteiger partial charge on any atom is 0.343 e. The zero-order valence-electron chi connectivity index (χ0n) is 16.1. The summed E-state index contributed by atoms with van der Waals surface area (Å²) in [7, 11) is 4.54. The second-order valence-electron chi connectivity index (χ2n) is 6.71. The molecule has 0 aliphatic heterocycles. The van der Waals surface area contributed by atoms with Crippen molar-refractivity contribution in [1.82, 2.24) is 0 Å². The van der Waals surface area contributed by atoms with Gasteiger partial charge in [0.15, 0.2) is 11.5 Å². The van der Waals surface area contributed by atoms with E-state index in [2.05, 4.69) is 12.1 Å². The predicted molar refractivity (Wildman–Crippen MR) is 103 cm³/mol. The number of rotatable bonds is 6. The lowest BCUT2D eigenvalue weighted by Crippen LogP contribution is -2.10. The summed E-state index contributed by atoms with van der Waals surface area (Å²) < 4.78 is 21.4. The van der Waals surface area contributed by atoms with Gasteiger partial charge in [0, 0.05) is 0 Å². The maximum atomic E-state index is 12.6. The summed E-state index contributed by atoms with van der Waals surface area (Å²) >= 11 is 0. The highest BCUT2D eigenvalue weighted by Gasteiger charge is 2.19. The van der Waals surface area contributed by atoms with Crippen LogP contribution in [0.5, 0.6) is 23.0 Å². The highest BCUT2D eigenvalue weighted by Crippen LogP contribution is 2.38. The van der Waals surface area contributed by atoms with Gasteiger partial charge < -0.3 is 18.9 Å². The molecule has 0 bridgehead atoms. The first kappa shape index (κ1) is 19.1. The van der Waals surface area contributed by atoms with Crippen LogP contribution >= 0.6 is 0 Å². The summed E-state index contributed by atoms with van der Waals surface area (Å²) in [5.74, 6) is 1.94. The summed E-state index contributed by atoms with van der Waals surface area (Å²) in [4.78, 5) is 12.6. The molecule has 2 aromatic rings. The summed E-state index contributed by atoms with van der Waals surface area (Å²) in [5, 5.41) is 0. The summed E-state index contributed by atoms with van der Waals surface area (Å²) in [5.41, 5.74) is 1.66. The van der Waals surface area contributed by atoms with E-state index in [0.717, 1.165) is 0 Å². The van der Waals surface area contributed by atoms with Gasteiger partial charge in [0.1, 0.15) is 5.75 Å². The Morgan fingerprint density at radius 1 is 0.852 bits per heavy atom. The Hall–Kier alpha value is -2.69. The second-order valence-corrected chi connectivity index (χ2v) is 6.71. The Kier molecular flexibility index (Phi) is 6.22. The first-order chi connectivity index (χ1) is 13.2. The summed E-state index contributed by atoms with van der Waals surface area (Å²) in [6.45, 7) is 0. The van der Waals surface area contributed by atoms with Gasteiger partial charge in [-0.25, -0.2) is 4.79 Å². The Morgan fingerprint density at radius 2 is 1.44 bits per heavy atom. The molecule has 1 aliphatic carbocycles. The number of esters is 1. The molecule has 144 valence electrons. The van der Waals surface area contributed by atoms with Gasteiger partial charge in [0.05, 0.1) is 26.9 Å². The third kappa shape index (κ3) is 4.35. The fourth-order valence-corrected chi connectivity index (χ4v) is 3.61. The fraction of sp³-hybridized carbons (Fsp3) is 0.409. The molecule has 27 heavy (non-hydrogen) atoms. The second kappa shape index (κ2) is 8.80. The summed E-state index contributed by atoms with van der Waals surface area (Å²) in [6, 6.07) is 11.0. The number of hydrogen-bond donors (Lipinski definition) is 0. The third-order valence-corrected chi connectivity index (χ3v) is 5.07. The van der Waals surface area contributed by atoms with Crippen molar-refractivity contribution in [1.29, 1.82) is 0 Å². The van der Waals surface area contributed by atoms with E-state index >= 15 is 0 Å². The van der Waals surface area contributed by atoms with Crippen LogP contribution in [0, 0.1) is 0 Å². The number of hydrogen-bond acceptors (Lipinski definition) is 5. The van der Waals surface area contributed by atoms with E-state index < -0.39 is 5.97 Å². The normalized spacial score (nSPS) is 14.5. The van der Waals surface area contributed by atoms with Crippen molar-refractivity contribution in [2.75, 3.05) is 21.3 Å². The fourth-order valence-electron chi connectivity index (χ4n) is 3.61. The molecule has 1 saturated carbocycles. The monoisotopic (exact) mass is 370 g/mol. The lowest BCUT2D eigenvalue weighted by Gasteiger charge is -2.22. The molecule has 0 unspecified atom stereocenters. The van der Waals surface area contributed by atoms with Crippen LogP contribution in [0.4, 0.5) is 0 Å². The van der Waals surface area contributed by atoms with Gasteiger partial charge in [-0.15, -0.1) is 0 Å². The molecule has 1 fully saturated rings. The van der Waals surface area contributed by atoms with E-state index in [4.69, 9.17) is 18.9 Å². The van der Waals surface area contributed by atoms with Crippen molar-refractivity contribution in [3.05, 3.63) is 47.5 Å². The van der Waals surface area contributed by atoms with Crippen LogP contribution in [0.1, 0.15) is 53.9 Å². The van der Waals surface area contributed by atoms with Crippen LogP contribution < -0.4 is 18.9 Å². The largest absolute Gasteiger partial charge is 0.493 e. The zero-order valence-corrected chi connectivity index (χ0v) is 16.1. The standard InChI is InChI=1S/C22H26O5/c1-24-19-13-17(14-20(25-2)21(19)26-3)22(23)27-18-11-9-16(10-12-18)15-7-5-4-6-8-15/h9-15H,4-8H2,1-3H3. The van der Waals surface area contributed by atoms with E-state index in [1.165, 1.54) is 59.0 Å². The van der Waals surface area contributed by atoms with Crippen molar-refractivity contribution < 1.29 is 23.7 Å².